The number of halogens is 1. The van der Waals surface area contributed by atoms with Gasteiger partial charge in [-0.2, -0.15) is 0 Å². The van der Waals surface area contributed by atoms with Crippen LogP contribution in [-0.2, 0) is 9.53 Å². The van der Waals surface area contributed by atoms with Crippen LogP contribution in [0.15, 0.2) is 0 Å². The van der Waals surface area contributed by atoms with Gasteiger partial charge in [-0.3, -0.25) is 10.2 Å². The number of nitrogens with zero attached hydrogens (tertiary/aromatic N) is 1. The van der Waals surface area contributed by atoms with Crippen molar-refractivity contribution in [2.45, 2.75) is 0 Å². The van der Waals surface area contributed by atoms with Gasteiger partial charge in [-0.05, 0) is 0 Å². The van der Waals surface area contributed by atoms with Crippen LogP contribution in [0, 0.1) is 5.41 Å². The minimum Gasteiger partial charge on any atom is -0.378 e. The van der Waals surface area contributed by atoms with E-state index in [0.717, 1.165) is 0 Å². The quantitative estimate of drug-likeness (QED) is 0.496. The number of alkyl halides is 1. The average Bonchev–Trinajstić information content (AvgIpc) is 2.17. The van der Waals surface area contributed by atoms with E-state index in [1.165, 1.54) is 0 Å². The summed E-state index contributed by atoms with van der Waals surface area (Å²) in [5.74, 6) is -0.288. The zero-order chi connectivity index (χ0) is 8.97. The SMILES string of the molecule is N=C(CCl)C(=O)N1CCOCC1. The summed E-state index contributed by atoms with van der Waals surface area (Å²) in [5.41, 5.74) is -0.0430. The zero-order valence-electron chi connectivity index (χ0n) is 6.68. The maximum Gasteiger partial charge on any atom is 0.268 e. The molecule has 0 unspecified atom stereocenters. The van der Waals surface area contributed by atoms with Gasteiger partial charge in [0.1, 0.15) is 5.71 Å². The molecule has 4 nitrogen and oxygen atoms in total. The molecule has 1 fully saturated rings. The highest BCUT2D eigenvalue weighted by atomic mass is 35.5. The molecule has 0 aromatic rings. The van der Waals surface area contributed by atoms with Crippen molar-refractivity contribution in [3.8, 4) is 0 Å². The van der Waals surface area contributed by atoms with Gasteiger partial charge in [0.05, 0.1) is 19.1 Å². The van der Waals surface area contributed by atoms with Crippen molar-refractivity contribution in [3.63, 3.8) is 0 Å². The average molecular weight is 191 g/mol. The number of hydrogen-bond acceptors (Lipinski definition) is 3. The molecule has 68 valence electrons. The van der Waals surface area contributed by atoms with Crippen molar-refractivity contribution in [3.05, 3.63) is 0 Å². The monoisotopic (exact) mass is 190 g/mol. The van der Waals surface area contributed by atoms with Crippen molar-refractivity contribution in [2.24, 2.45) is 0 Å². The van der Waals surface area contributed by atoms with Crippen molar-refractivity contribution < 1.29 is 9.53 Å². The van der Waals surface area contributed by atoms with Crippen LogP contribution in [0.3, 0.4) is 0 Å². The first-order valence-electron chi connectivity index (χ1n) is 3.76. The molecule has 0 spiro atoms. The molecule has 1 aliphatic rings. The van der Waals surface area contributed by atoms with Gasteiger partial charge in [-0.25, -0.2) is 0 Å². The number of morpholine rings is 1. The molecule has 1 aliphatic heterocycles. The molecule has 0 radical (unpaired) electrons. The molecule has 0 aliphatic carbocycles. The fourth-order valence-corrected chi connectivity index (χ4v) is 1.13. The molecule has 1 saturated heterocycles. The third-order valence-electron chi connectivity index (χ3n) is 1.69. The molecule has 1 N–H and O–H groups in total. The van der Waals surface area contributed by atoms with Crippen LogP contribution in [0.2, 0.25) is 0 Å². The highest BCUT2D eigenvalue weighted by Gasteiger charge is 2.19. The van der Waals surface area contributed by atoms with E-state index in [1.807, 2.05) is 0 Å². The minimum absolute atomic E-state index is 0.0177. The molecular formula is C7H11ClN2O2. The fourth-order valence-electron chi connectivity index (χ4n) is 1.01. The zero-order valence-corrected chi connectivity index (χ0v) is 7.43. The lowest BCUT2D eigenvalue weighted by Gasteiger charge is -2.26. The number of carbonyl (C=O) groups is 1. The number of hydrogen-bond donors (Lipinski definition) is 1. The Labute approximate surface area is 75.9 Å². The van der Waals surface area contributed by atoms with Crippen molar-refractivity contribution in [1.82, 2.24) is 4.90 Å². The van der Waals surface area contributed by atoms with Crippen LogP contribution in [0.25, 0.3) is 0 Å². The molecule has 0 saturated carbocycles. The standard InChI is InChI=1S/C7H11ClN2O2/c8-5-6(9)7(11)10-1-3-12-4-2-10/h9H,1-5H2. The Morgan fingerprint density at radius 1 is 1.50 bits per heavy atom. The largest absolute Gasteiger partial charge is 0.378 e. The number of amides is 1. The van der Waals surface area contributed by atoms with Gasteiger partial charge in [-0.15, -0.1) is 11.6 Å². The van der Waals surface area contributed by atoms with Crippen LogP contribution >= 0.6 is 11.6 Å². The summed E-state index contributed by atoms with van der Waals surface area (Å²) in [6.07, 6.45) is 0. The first-order valence-corrected chi connectivity index (χ1v) is 4.29. The van der Waals surface area contributed by atoms with Crippen LogP contribution in [0.5, 0.6) is 0 Å². The van der Waals surface area contributed by atoms with Gasteiger partial charge >= 0.3 is 0 Å². The van der Waals surface area contributed by atoms with Gasteiger partial charge in [0, 0.05) is 13.1 Å². The molecule has 0 aromatic heterocycles. The van der Waals surface area contributed by atoms with Gasteiger partial charge in [0.25, 0.3) is 5.91 Å². The summed E-state index contributed by atoms with van der Waals surface area (Å²) in [5, 5.41) is 7.22. The molecule has 1 amide bonds. The van der Waals surface area contributed by atoms with Crippen LogP contribution in [0.4, 0.5) is 0 Å². The van der Waals surface area contributed by atoms with E-state index in [9.17, 15) is 4.79 Å². The second-order valence-electron chi connectivity index (χ2n) is 2.52. The lowest BCUT2D eigenvalue weighted by atomic mass is 10.3. The predicted octanol–water partition coefficient (Wildman–Crippen LogP) is 0.104. The lowest BCUT2D eigenvalue weighted by Crippen LogP contribution is -2.44. The van der Waals surface area contributed by atoms with Crippen LogP contribution < -0.4 is 0 Å². The third-order valence-corrected chi connectivity index (χ3v) is 1.96. The molecule has 1 heterocycles. The van der Waals surface area contributed by atoms with E-state index in [4.69, 9.17) is 21.7 Å². The van der Waals surface area contributed by atoms with Crippen molar-refractivity contribution in [2.75, 3.05) is 32.2 Å². The molecule has 1 rings (SSSR count). The Morgan fingerprint density at radius 3 is 2.58 bits per heavy atom. The number of nitrogens with one attached hydrogen (secondary N) is 1. The number of rotatable bonds is 2. The van der Waals surface area contributed by atoms with E-state index in [2.05, 4.69) is 0 Å². The second-order valence-corrected chi connectivity index (χ2v) is 2.78. The fraction of sp³-hybridized carbons (Fsp3) is 0.714. The van der Waals surface area contributed by atoms with E-state index < -0.39 is 0 Å². The first-order chi connectivity index (χ1) is 5.75. The molecule has 0 aromatic carbocycles. The smallest absolute Gasteiger partial charge is 0.268 e. The Hall–Kier alpha value is -0.610. The van der Waals surface area contributed by atoms with Crippen LogP contribution in [-0.4, -0.2) is 48.7 Å². The van der Waals surface area contributed by atoms with E-state index in [1.54, 1.807) is 4.90 Å². The van der Waals surface area contributed by atoms with Crippen molar-refractivity contribution >= 4 is 23.2 Å². The Morgan fingerprint density at radius 2 is 2.08 bits per heavy atom. The topological polar surface area (TPSA) is 53.4 Å². The number of carbonyl (C=O) groups excluding carboxylic acids is 1. The van der Waals surface area contributed by atoms with Gasteiger partial charge in [0.15, 0.2) is 0 Å². The van der Waals surface area contributed by atoms with E-state index in [0.29, 0.717) is 26.3 Å². The summed E-state index contributed by atoms with van der Waals surface area (Å²) in [6, 6.07) is 0. The summed E-state index contributed by atoms with van der Waals surface area (Å²) in [4.78, 5) is 12.9. The first kappa shape index (κ1) is 9.48. The lowest BCUT2D eigenvalue weighted by molar-refractivity contribution is -0.128. The molecule has 0 atom stereocenters. The van der Waals surface area contributed by atoms with Gasteiger partial charge < -0.3 is 9.64 Å². The Balaban J connectivity index is 2.45. The maximum absolute atomic E-state index is 11.3. The van der Waals surface area contributed by atoms with Crippen LogP contribution in [0.1, 0.15) is 0 Å². The summed E-state index contributed by atoms with van der Waals surface area (Å²) in [7, 11) is 0. The number of ether oxygens (including phenoxy) is 1. The van der Waals surface area contributed by atoms with Gasteiger partial charge in [0.2, 0.25) is 0 Å². The van der Waals surface area contributed by atoms with E-state index >= 15 is 0 Å². The predicted molar refractivity (Wildman–Crippen MR) is 45.8 cm³/mol. The maximum atomic E-state index is 11.3. The normalized spacial score (nSPS) is 17.6. The minimum atomic E-state index is -0.270. The molecule has 0 bridgehead atoms. The molecule has 12 heavy (non-hydrogen) atoms. The third kappa shape index (κ3) is 2.19. The Kier molecular flexibility index (Phi) is 3.49. The van der Waals surface area contributed by atoms with Gasteiger partial charge in [-0.1, -0.05) is 0 Å². The van der Waals surface area contributed by atoms with Crippen molar-refractivity contribution in [1.29, 1.82) is 5.41 Å². The highest BCUT2D eigenvalue weighted by Crippen LogP contribution is 1.98. The molecular weight excluding hydrogens is 180 g/mol. The summed E-state index contributed by atoms with van der Waals surface area (Å²) >= 11 is 5.36. The second kappa shape index (κ2) is 4.42. The summed E-state index contributed by atoms with van der Waals surface area (Å²) < 4.78 is 5.07. The van der Waals surface area contributed by atoms with E-state index in [-0.39, 0.29) is 17.5 Å². The Bertz CT molecular complexity index is 190. The molecule has 5 heteroatoms. The summed E-state index contributed by atoms with van der Waals surface area (Å²) in [6.45, 7) is 2.25. The highest BCUT2D eigenvalue weighted by molar-refractivity contribution is 6.47.